The first-order chi connectivity index (χ1) is 9.06. The molecule has 2 nitrogen and oxygen atoms in total. The van der Waals surface area contributed by atoms with Gasteiger partial charge in [0, 0.05) is 29.1 Å². The predicted octanol–water partition coefficient (Wildman–Crippen LogP) is 3.69. The molecule has 0 spiro atoms. The van der Waals surface area contributed by atoms with E-state index in [0.717, 1.165) is 29.1 Å². The van der Waals surface area contributed by atoms with Crippen LogP contribution in [0.5, 0.6) is 0 Å². The lowest BCUT2D eigenvalue weighted by molar-refractivity contribution is 0.0952. The Bertz CT molecular complexity index is 640. The van der Waals surface area contributed by atoms with Crippen LogP contribution < -0.4 is 0 Å². The van der Waals surface area contributed by atoms with Crippen molar-refractivity contribution >= 4 is 5.78 Å². The summed E-state index contributed by atoms with van der Waals surface area (Å²) in [4.78, 5) is 12.1. The summed E-state index contributed by atoms with van der Waals surface area (Å²) in [6.07, 6.45) is 1.52. The predicted molar refractivity (Wildman–Crippen MR) is 72.3 cm³/mol. The fraction of sp³-hybridized carbons (Fsp3) is 0.312. The third-order valence-corrected chi connectivity index (χ3v) is 3.75. The van der Waals surface area contributed by atoms with E-state index < -0.39 is 0 Å². The van der Waals surface area contributed by atoms with E-state index in [9.17, 15) is 9.18 Å². The quantitative estimate of drug-likeness (QED) is 0.763. The second kappa shape index (κ2) is 4.34. The van der Waals surface area contributed by atoms with E-state index in [1.54, 1.807) is 12.1 Å². The van der Waals surface area contributed by atoms with Crippen LogP contribution in [-0.2, 0) is 6.42 Å². The fourth-order valence-electron chi connectivity index (χ4n) is 2.91. The number of ketones is 1. The number of aryl methyl sites for hydroxylation is 1. The lowest BCUT2D eigenvalue weighted by atomic mass is 9.88. The van der Waals surface area contributed by atoms with Crippen molar-refractivity contribution < 1.29 is 9.18 Å². The lowest BCUT2D eigenvalue weighted by Crippen LogP contribution is -2.19. The highest BCUT2D eigenvalue weighted by atomic mass is 19.1. The SMILES string of the molecule is Cc1cc2c(n1-c1ccc(F)cc1)CC(C)CC2=O. The van der Waals surface area contributed by atoms with Crippen molar-refractivity contribution in [2.75, 3.05) is 0 Å². The zero-order valence-electron chi connectivity index (χ0n) is 11.1. The van der Waals surface area contributed by atoms with Crippen molar-refractivity contribution in [2.24, 2.45) is 5.92 Å². The van der Waals surface area contributed by atoms with Gasteiger partial charge in [-0.05, 0) is 49.6 Å². The molecule has 0 saturated heterocycles. The molecule has 1 aliphatic carbocycles. The topological polar surface area (TPSA) is 22.0 Å². The van der Waals surface area contributed by atoms with E-state index in [1.165, 1.54) is 12.1 Å². The first kappa shape index (κ1) is 12.2. The molecule has 0 fully saturated rings. The number of Topliss-reactive ketones (excluding diaryl/α,β-unsaturated/α-hetero) is 1. The molecule has 1 aromatic heterocycles. The summed E-state index contributed by atoms with van der Waals surface area (Å²) >= 11 is 0. The minimum absolute atomic E-state index is 0.220. The Morgan fingerprint density at radius 1 is 1.21 bits per heavy atom. The molecule has 0 aliphatic heterocycles. The van der Waals surface area contributed by atoms with Crippen molar-refractivity contribution in [1.29, 1.82) is 0 Å². The Balaban J connectivity index is 2.17. The summed E-state index contributed by atoms with van der Waals surface area (Å²) in [5.41, 5.74) is 3.84. The summed E-state index contributed by atoms with van der Waals surface area (Å²) in [7, 11) is 0. The van der Waals surface area contributed by atoms with E-state index in [-0.39, 0.29) is 11.6 Å². The summed E-state index contributed by atoms with van der Waals surface area (Å²) in [6, 6.07) is 8.37. The highest BCUT2D eigenvalue weighted by Crippen LogP contribution is 2.30. The van der Waals surface area contributed by atoms with Gasteiger partial charge < -0.3 is 4.57 Å². The minimum Gasteiger partial charge on any atom is -0.317 e. The van der Waals surface area contributed by atoms with Crippen LogP contribution in [0.2, 0.25) is 0 Å². The number of hydrogen-bond donors (Lipinski definition) is 0. The van der Waals surface area contributed by atoms with E-state index in [0.29, 0.717) is 12.3 Å². The van der Waals surface area contributed by atoms with Crippen LogP contribution in [-0.4, -0.2) is 10.4 Å². The van der Waals surface area contributed by atoms with E-state index in [4.69, 9.17) is 0 Å². The van der Waals surface area contributed by atoms with Crippen molar-refractivity contribution in [1.82, 2.24) is 4.57 Å². The molecular formula is C16H16FNO. The van der Waals surface area contributed by atoms with E-state index in [1.807, 2.05) is 13.0 Å². The molecule has 3 heteroatoms. The van der Waals surface area contributed by atoms with Crippen LogP contribution in [0, 0.1) is 18.7 Å². The third kappa shape index (κ3) is 1.99. The van der Waals surface area contributed by atoms with Crippen LogP contribution >= 0.6 is 0 Å². The maximum absolute atomic E-state index is 13.0. The van der Waals surface area contributed by atoms with Crippen molar-refractivity contribution in [3.05, 3.63) is 53.1 Å². The van der Waals surface area contributed by atoms with Gasteiger partial charge in [0.05, 0.1) is 0 Å². The van der Waals surface area contributed by atoms with Crippen LogP contribution in [0.25, 0.3) is 5.69 Å². The van der Waals surface area contributed by atoms with E-state index in [2.05, 4.69) is 11.5 Å². The first-order valence-electron chi connectivity index (χ1n) is 6.56. The normalized spacial score (nSPS) is 18.5. The zero-order chi connectivity index (χ0) is 13.6. The molecule has 0 saturated carbocycles. The maximum atomic E-state index is 13.0. The average Bonchev–Trinajstić information content (AvgIpc) is 2.67. The number of nitrogens with zero attached hydrogens (tertiary/aromatic N) is 1. The molecule has 1 aliphatic rings. The van der Waals surface area contributed by atoms with Crippen molar-refractivity contribution in [3.63, 3.8) is 0 Å². The van der Waals surface area contributed by atoms with Crippen molar-refractivity contribution in [2.45, 2.75) is 26.7 Å². The molecule has 3 rings (SSSR count). The molecule has 0 bridgehead atoms. The van der Waals surface area contributed by atoms with Gasteiger partial charge in [0.25, 0.3) is 0 Å². The van der Waals surface area contributed by atoms with Crippen LogP contribution in [0.3, 0.4) is 0 Å². The Hall–Kier alpha value is -1.90. The standard InChI is InChI=1S/C16H16FNO/c1-10-7-15-14(16(19)8-10)9-11(2)18(15)13-5-3-12(17)4-6-13/h3-6,9-10H,7-8H2,1-2H3. The second-order valence-corrected chi connectivity index (χ2v) is 5.39. The lowest BCUT2D eigenvalue weighted by Gasteiger charge is -2.20. The van der Waals surface area contributed by atoms with Gasteiger partial charge in [-0.15, -0.1) is 0 Å². The molecule has 1 aromatic carbocycles. The maximum Gasteiger partial charge on any atom is 0.164 e. The van der Waals surface area contributed by atoms with Crippen LogP contribution in [0.15, 0.2) is 30.3 Å². The number of halogens is 1. The number of hydrogen-bond acceptors (Lipinski definition) is 1. The highest BCUT2D eigenvalue weighted by molar-refractivity contribution is 5.98. The molecule has 98 valence electrons. The molecule has 1 atom stereocenters. The Morgan fingerprint density at radius 2 is 1.89 bits per heavy atom. The van der Waals surface area contributed by atoms with Crippen molar-refractivity contribution in [3.8, 4) is 5.69 Å². The largest absolute Gasteiger partial charge is 0.317 e. The smallest absolute Gasteiger partial charge is 0.164 e. The van der Waals surface area contributed by atoms with E-state index >= 15 is 0 Å². The monoisotopic (exact) mass is 257 g/mol. The number of fused-ring (bicyclic) bond motifs is 1. The molecule has 0 N–H and O–H groups in total. The molecule has 0 amide bonds. The first-order valence-corrected chi connectivity index (χ1v) is 6.56. The van der Waals surface area contributed by atoms with Crippen LogP contribution in [0.1, 0.15) is 35.1 Å². The number of carbonyl (C=O) groups excluding carboxylic acids is 1. The molecule has 1 heterocycles. The molecular weight excluding hydrogens is 241 g/mol. The zero-order valence-corrected chi connectivity index (χ0v) is 11.1. The van der Waals surface area contributed by atoms with Gasteiger partial charge in [-0.1, -0.05) is 6.92 Å². The summed E-state index contributed by atoms with van der Waals surface area (Å²) in [5, 5.41) is 0. The molecule has 1 unspecified atom stereocenters. The third-order valence-electron chi connectivity index (χ3n) is 3.75. The Morgan fingerprint density at radius 3 is 2.58 bits per heavy atom. The second-order valence-electron chi connectivity index (χ2n) is 5.39. The minimum atomic E-state index is -0.244. The number of carbonyl (C=O) groups is 1. The Kier molecular flexibility index (Phi) is 2.77. The Labute approximate surface area is 111 Å². The average molecular weight is 257 g/mol. The number of benzene rings is 1. The van der Waals surface area contributed by atoms with Gasteiger partial charge in [0.2, 0.25) is 0 Å². The summed E-state index contributed by atoms with van der Waals surface area (Å²) in [6.45, 7) is 4.08. The molecule has 2 aromatic rings. The fourth-order valence-corrected chi connectivity index (χ4v) is 2.91. The van der Waals surface area contributed by atoms with Gasteiger partial charge in [-0.3, -0.25) is 4.79 Å². The van der Waals surface area contributed by atoms with Gasteiger partial charge in [-0.25, -0.2) is 4.39 Å². The highest BCUT2D eigenvalue weighted by Gasteiger charge is 2.27. The molecule has 0 radical (unpaired) electrons. The number of rotatable bonds is 1. The van der Waals surface area contributed by atoms with Crippen LogP contribution in [0.4, 0.5) is 4.39 Å². The van der Waals surface area contributed by atoms with Gasteiger partial charge in [-0.2, -0.15) is 0 Å². The summed E-state index contributed by atoms with van der Waals surface area (Å²) < 4.78 is 15.1. The van der Waals surface area contributed by atoms with Gasteiger partial charge in [0.1, 0.15) is 5.82 Å². The summed E-state index contributed by atoms with van der Waals surface area (Å²) in [5.74, 6) is 0.345. The number of aromatic nitrogens is 1. The van der Waals surface area contributed by atoms with Gasteiger partial charge in [0.15, 0.2) is 5.78 Å². The molecule has 19 heavy (non-hydrogen) atoms. The van der Waals surface area contributed by atoms with Gasteiger partial charge >= 0.3 is 0 Å².